The van der Waals surface area contributed by atoms with Crippen LogP contribution in [0.2, 0.25) is 0 Å². The monoisotopic (exact) mass is 517 g/mol. The summed E-state index contributed by atoms with van der Waals surface area (Å²) in [6.07, 6.45) is 0.514. The van der Waals surface area contributed by atoms with E-state index >= 15 is 0 Å². The second-order valence-corrected chi connectivity index (χ2v) is 12.0. The van der Waals surface area contributed by atoms with Crippen LogP contribution in [-0.4, -0.2) is 70.8 Å². The van der Waals surface area contributed by atoms with Gasteiger partial charge in [-0.2, -0.15) is 17.9 Å². The lowest BCUT2D eigenvalue weighted by Gasteiger charge is -2.34. The fraction of sp³-hybridized carbons (Fsp3) is 0.345. The summed E-state index contributed by atoms with van der Waals surface area (Å²) in [6.45, 7) is 6.06. The molecule has 3 aromatic carbocycles. The van der Waals surface area contributed by atoms with Crippen molar-refractivity contribution in [1.29, 1.82) is 0 Å². The highest BCUT2D eigenvalue weighted by Crippen LogP contribution is 2.38. The van der Waals surface area contributed by atoms with E-state index in [-0.39, 0.29) is 4.90 Å². The maximum absolute atomic E-state index is 13.8. The molecule has 2 heterocycles. The van der Waals surface area contributed by atoms with Gasteiger partial charge in [-0.15, -0.1) is 0 Å². The van der Waals surface area contributed by atoms with Crippen molar-refractivity contribution in [2.75, 3.05) is 57.1 Å². The molecule has 3 aromatic rings. The zero-order chi connectivity index (χ0) is 26.2. The molecule has 0 bridgehead atoms. The summed E-state index contributed by atoms with van der Waals surface area (Å²) in [6, 6.07) is 23.0. The van der Waals surface area contributed by atoms with Gasteiger partial charge in [0.25, 0.3) is 10.0 Å². The van der Waals surface area contributed by atoms with Crippen molar-refractivity contribution in [2.24, 2.45) is 5.10 Å². The molecule has 0 amide bonds. The van der Waals surface area contributed by atoms with Crippen LogP contribution in [0.25, 0.3) is 0 Å². The van der Waals surface area contributed by atoms with Crippen molar-refractivity contribution >= 4 is 27.1 Å². The van der Waals surface area contributed by atoms with Crippen LogP contribution < -0.4 is 9.80 Å². The smallest absolute Gasteiger partial charge is 0.279 e. The van der Waals surface area contributed by atoms with E-state index in [1.807, 2.05) is 62.3 Å². The average molecular weight is 518 g/mol. The standard InChI is InChI=1S/C29H35N5O2S/c1-22-5-15-27(16-6-22)37(35,36)34-29(24-9-11-25(12-10-24)31(2)3)21-28(30-34)23-7-13-26(14-8-23)33-19-17-32(4)18-20-33/h5-16,29H,17-21H2,1-4H3. The van der Waals surface area contributed by atoms with Crippen LogP contribution in [-0.2, 0) is 10.0 Å². The van der Waals surface area contributed by atoms with Gasteiger partial charge in [0.1, 0.15) is 0 Å². The second-order valence-electron chi connectivity index (χ2n) is 10.2. The van der Waals surface area contributed by atoms with E-state index in [4.69, 9.17) is 5.10 Å². The minimum Gasteiger partial charge on any atom is -0.378 e. The van der Waals surface area contributed by atoms with Gasteiger partial charge >= 0.3 is 0 Å². The predicted molar refractivity (Wildman–Crippen MR) is 151 cm³/mol. The van der Waals surface area contributed by atoms with Gasteiger partial charge in [0.15, 0.2) is 0 Å². The molecule has 8 heteroatoms. The van der Waals surface area contributed by atoms with Crippen LogP contribution in [0, 0.1) is 6.92 Å². The third kappa shape index (κ3) is 5.22. The van der Waals surface area contributed by atoms with Crippen LogP contribution >= 0.6 is 0 Å². The number of aryl methyl sites for hydroxylation is 1. The van der Waals surface area contributed by atoms with Gasteiger partial charge in [0.2, 0.25) is 0 Å². The lowest BCUT2D eigenvalue weighted by molar-refractivity contribution is 0.313. The summed E-state index contributed by atoms with van der Waals surface area (Å²) in [5, 5.41) is 4.73. The van der Waals surface area contributed by atoms with Crippen molar-refractivity contribution in [3.63, 3.8) is 0 Å². The zero-order valence-electron chi connectivity index (χ0n) is 22.0. The van der Waals surface area contributed by atoms with Gasteiger partial charge in [-0.3, -0.25) is 0 Å². The number of hydrogen-bond acceptors (Lipinski definition) is 6. The summed E-state index contributed by atoms with van der Waals surface area (Å²) in [4.78, 5) is 7.02. The highest BCUT2D eigenvalue weighted by atomic mass is 32.2. The Morgan fingerprint density at radius 3 is 2.05 bits per heavy atom. The van der Waals surface area contributed by atoms with Crippen LogP contribution in [0.15, 0.2) is 82.8 Å². The van der Waals surface area contributed by atoms with Gasteiger partial charge in [0, 0.05) is 58.1 Å². The highest BCUT2D eigenvalue weighted by molar-refractivity contribution is 7.89. The molecule has 2 aliphatic heterocycles. The Balaban J connectivity index is 1.47. The highest BCUT2D eigenvalue weighted by Gasteiger charge is 2.37. The summed E-state index contributed by atoms with van der Waals surface area (Å²) in [5.74, 6) is 0. The van der Waals surface area contributed by atoms with E-state index in [1.54, 1.807) is 12.1 Å². The number of sulfonamides is 1. The fourth-order valence-electron chi connectivity index (χ4n) is 4.88. The van der Waals surface area contributed by atoms with Crippen molar-refractivity contribution in [1.82, 2.24) is 9.31 Å². The molecule has 2 aliphatic rings. The largest absolute Gasteiger partial charge is 0.378 e. The lowest BCUT2D eigenvalue weighted by atomic mass is 9.98. The number of hydrazone groups is 1. The summed E-state index contributed by atoms with van der Waals surface area (Å²) < 4.78 is 28.8. The van der Waals surface area contributed by atoms with Crippen molar-refractivity contribution in [2.45, 2.75) is 24.3 Å². The number of nitrogens with zero attached hydrogens (tertiary/aromatic N) is 5. The molecular formula is C29H35N5O2S. The van der Waals surface area contributed by atoms with E-state index < -0.39 is 16.1 Å². The van der Waals surface area contributed by atoms with E-state index in [1.165, 1.54) is 10.1 Å². The van der Waals surface area contributed by atoms with E-state index in [0.29, 0.717) is 6.42 Å². The van der Waals surface area contributed by atoms with Crippen molar-refractivity contribution in [3.8, 4) is 0 Å². The first kappa shape index (κ1) is 25.3. The third-order valence-corrected chi connectivity index (χ3v) is 9.00. The fourth-order valence-corrected chi connectivity index (χ4v) is 6.31. The van der Waals surface area contributed by atoms with Gasteiger partial charge in [-0.05, 0) is 61.5 Å². The molecule has 194 valence electrons. The van der Waals surface area contributed by atoms with E-state index in [2.05, 4.69) is 41.1 Å². The van der Waals surface area contributed by atoms with Crippen LogP contribution in [0.3, 0.4) is 0 Å². The normalized spacial score (nSPS) is 18.7. The first-order valence-electron chi connectivity index (χ1n) is 12.7. The maximum Gasteiger partial charge on any atom is 0.279 e. The summed E-state index contributed by atoms with van der Waals surface area (Å²) in [7, 11) is 2.31. The molecule has 0 radical (unpaired) electrons. The molecule has 5 rings (SSSR count). The minimum absolute atomic E-state index is 0.253. The molecule has 1 atom stereocenters. The topological polar surface area (TPSA) is 59.5 Å². The van der Waals surface area contributed by atoms with Crippen molar-refractivity contribution in [3.05, 3.63) is 89.5 Å². The Hall–Kier alpha value is -3.36. The molecule has 0 N–H and O–H groups in total. The number of benzene rings is 3. The number of likely N-dealkylation sites (N-methyl/N-ethyl adjacent to an activating group) is 1. The molecule has 1 saturated heterocycles. The first-order valence-corrected chi connectivity index (χ1v) is 14.2. The summed E-state index contributed by atoms with van der Waals surface area (Å²) in [5.41, 5.74) is 5.93. The Morgan fingerprint density at radius 2 is 1.46 bits per heavy atom. The average Bonchev–Trinajstić information content (AvgIpc) is 3.36. The van der Waals surface area contributed by atoms with Crippen LogP contribution in [0.1, 0.15) is 29.2 Å². The maximum atomic E-state index is 13.8. The van der Waals surface area contributed by atoms with Crippen LogP contribution in [0.5, 0.6) is 0 Å². The quantitative estimate of drug-likeness (QED) is 0.487. The SMILES string of the molecule is Cc1ccc(S(=O)(=O)N2N=C(c3ccc(N4CCN(C)CC4)cc3)CC2c2ccc(N(C)C)cc2)cc1. The van der Waals surface area contributed by atoms with Gasteiger partial charge in [0.05, 0.1) is 16.6 Å². The summed E-state index contributed by atoms with van der Waals surface area (Å²) >= 11 is 0. The van der Waals surface area contributed by atoms with Gasteiger partial charge in [-0.1, -0.05) is 42.0 Å². The van der Waals surface area contributed by atoms with E-state index in [0.717, 1.165) is 54.3 Å². The molecule has 0 saturated carbocycles. The number of hydrogen-bond donors (Lipinski definition) is 0. The molecule has 37 heavy (non-hydrogen) atoms. The number of piperazine rings is 1. The molecule has 7 nitrogen and oxygen atoms in total. The Labute approximate surface area is 220 Å². The molecule has 1 fully saturated rings. The zero-order valence-corrected chi connectivity index (χ0v) is 22.8. The van der Waals surface area contributed by atoms with E-state index in [9.17, 15) is 8.42 Å². The lowest BCUT2D eigenvalue weighted by Crippen LogP contribution is -2.44. The molecular weight excluding hydrogens is 482 g/mol. The number of anilines is 2. The van der Waals surface area contributed by atoms with Gasteiger partial charge in [-0.25, -0.2) is 0 Å². The third-order valence-electron chi connectivity index (χ3n) is 7.30. The number of rotatable bonds is 6. The molecule has 0 aromatic heterocycles. The van der Waals surface area contributed by atoms with Crippen molar-refractivity contribution < 1.29 is 8.42 Å². The molecule has 0 spiro atoms. The molecule has 1 unspecified atom stereocenters. The minimum atomic E-state index is -3.83. The first-order chi connectivity index (χ1) is 17.7. The Morgan fingerprint density at radius 1 is 0.838 bits per heavy atom. The van der Waals surface area contributed by atoms with Crippen LogP contribution in [0.4, 0.5) is 11.4 Å². The molecule has 0 aliphatic carbocycles. The predicted octanol–water partition coefficient (Wildman–Crippen LogP) is 4.35. The Kier molecular flexibility index (Phi) is 6.96. The van der Waals surface area contributed by atoms with Gasteiger partial charge < -0.3 is 14.7 Å². The second kappa shape index (κ2) is 10.2. The Bertz CT molecular complexity index is 1360.